The first kappa shape index (κ1) is 61.0. The average molecular weight is 1170 g/mol. The van der Waals surface area contributed by atoms with Gasteiger partial charge in [-0.3, -0.25) is 27.6 Å². The number of methoxy groups -OCH3 is 6. The number of rotatable bonds is 21. The summed E-state index contributed by atoms with van der Waals surface area (Å²) in [6.45, 7) is -8.76. The summed E-state index contributed by atoms with van der Waals surface area (Å²) in [7, 11) is 4.22. The van der Waals surface area contributed by atoms with Crippen LogP contribution in [0.15, 0.2) is 107 Å². The van der Waals surface area contributed by atoms with E-state index in [4.69, 9.17) is 28.4 Å². The predicted octanol–water partition coefficient (Wildman–Crippen LogP) is 5.77. The fraction of sp³-hybridized carbons (Fsp3) is 0.250. The first-order chi connectivity index (χ1) is 37.5. The molecule has 0 radical (unpaired) electrons. The van der Waals surface area contributed by atoms with E-state index in [1.807, 2.05) is 0 Å². The minimum Gasteiger partial charge on any atom is -1.00 e. The van der Waals surface area contributed by atoms with Gasteiger partial charge in [0, 0.05) is 55.0 Å². The first-order valence-corrected chi connectivity index (χ1v) is 26.2. The van der Waals surface area contributed by atoms with Gasteiger partial charge in [-0.25, -0.2) is 15.0 Å². The van der Waals surface area contributed by atoms with Crippen LogP contribution in [-0.2, 0) is 49.7 Å². The van der Waals surface area contributed by atoms with Crippen LogP contribution in [0.3, 0.4) is 0 Å². The molecule has 0 spiro atoms. The molecule has 0 amide bonds. The van der Waals surface area contributed by atoms with Crippen molar-refractivity contribution in [3.63, 3.8) is 0 Å². The third-order valence-corrected chi connectivity index (χ3v) is 14.0. The van der Waals surface area contributed by atoms with Gasteiger partial charge in [-0.15, -0.1) is 0 Å². The summed E-state index contributed by atoms with van der Waals surface area (Å²) in [6.07, 6.45) is 4.58. The molecule has 0 saturated heterocycles. The monoisotopic (exact) mass is 1170 g/mol. The maximum absolute atomic E-state index is 12.6. The zero-order valence-electron chi connectivity index (χ0n) is 43.6. The molecule has 0 aliphatic heterocycles. The van der Waals surface area contributed by atoms with E-state index in [0.717, 1.165) is 0 Å². The predicted molar refractivity (Wildman–Crippen MR) is 272 cm³/mol. The molecule has 0 bridgehead atoms. The Labute approximate surface area is 475 Å². The Kier molecular flexibility index (Phi) is 22.1. The molecule has 6 aromatic heterocycles. The van der Waals surface area contributed by atoms with Crippen LogP contribution in [0.25, 0.3) is 33.1 Å². The van der Waals surface area contributed by atoms with Crippen molar-refractivity contribution in [2.24, 2.45) is 0 Å². The second kappa shape index (κ2) is 28.6. The molecule has 9 rings (SSSR count). The summed E-state index contributed by atoms with van der Waals surface area (Å²) in [6, 6.07) is 17.7. The Morgan fingerprint density at radius 1 is 0.430 bits per heavy atom. The standard InChI is InChI=1S/3C16H15F2N3O4S.Na.H/c3*1-23-13-5-6-19-12(14(13)24-2)8-26(22)16-20-10-4-3-9(25-15(17)18)7-11(10)21-16;;/h3*3-7,15H,8H2,1-2H3,(H,20,21);;/q;;;+1;-1. The molecule has 0 saturated carbocycles. The van der Waals surface area contributed by atoms with Gasteiger partial charge >= 0.3 is 49.4 Å². The summed E-state index contributed by atoms with van der Waals surface area (Å²) >= 11 is 0. The fourth-order valence-electron chi connectivity index (χ4n) is 7.19. The number of nitrogens with zero attached hydrogens (tertiary/aromatic N) is 6. The van der Waals surface area contributed by atoms with Crippen molar-refractivity contribution >= 4 is 65.5 Å². The number of aromatic nitrogens is 9. The fourth-order valence-corrected chi connectivity index (χ4v) is 10.2. The third kappa shape index (κ3) is 15.7. The minimum atomic E-state index is -2.92. The van der Waals surface area contributed by atoms with Gasteiger partial charge in [-0.1, -0.05) is 0 Å². The van der Waals surface area contributed by atoms with Crippen LogP contribution in [0.1, 0.15) is 18.5 Å². The molecule has 79 heavy (non-hydrogen) atoms. The molecule has 3 aromatic carbocycles. The van der Waals surface area contributed by atoms with Gasteiger partial charge in [0.1, 0.15) is 17.2 Å². The molecular formula is C48H46F6N9NaO12S3. The number of benzene rings is 3. The maximum Gasteiger partial charge on any atom is 1.00 e. The quantitative estimate of drug-likeness (QED) is 0.0570. The number of pyridine rings is 3. The number of ether oxygens (including phenoxy) is 9. The summed E-state index contributed by atoms with van der Waals surface area (Å²) in [5.74, 6) is 2.72. The van der Waals surface area contributed by atoms with E-state index >= 15 is 0 Å². The molecule has 21 nitrogen and oxygen atoms in total. The molecule has 9 aromatic rings. The van der Waals surface area contributed by atoms with Crippen molar-refractivity contribution in [2.75, 3.05) is 42.7 Å². The molecule has 3 N–H and O–H groups in total. The van der Waals surface area contributed by atoms with Crippen LogP contribution >= 0.6 is 0 Å². The SMILES string of the molecule is COc1ccnc(CS(=O)c2nc3ccc(OC(F)F)cc3[nH]2)c1OC.COc1ccnc(CS(=O)c2nc3ccc(OC(F)F)cc3[nH]2)c1OC.COc1ccnc(CS(=O)c2nc3ccc(OC(F)F)cc3[nH]2)c1OC.[H-].[Na+]. The molecular weight excluding hydrogens is 1130 g/mol. The molecule has 6 heterocycles. The van der Waals surface area contributed by atoms with Gasteiger partial charge in [-0.2, -0.15) is 26.3 Å². The number of hydrogen-bond acceptors (Lipinski definition) is 18. The number of H-pyrrole nitrogens is 3. The largest absolute Gasteiger partial charge is 1.00 e. The van der Waals surface area contributed by atoms with Crippen molar-refractivity contribution in [1.29, 1.82) is 0 Å². The number of fused-ring (bicyclic) bond motifs is 3. The number of hydrogen-bond donors (Lipinski definition) is 3. The van der Waals surface area contributed by atoms with Gasteiger partial charge in [0.05, 0.1) is 142 Å². The van der Waals surface area contributed by atoms with Crippen molar-refractivity contribution in [3.8, 4) is 51.7 Å². The molecule has 31 heteroatoms. The van der Waals surface area contributed by atoms with E-state index < -0.39 is 52.2 Å². The van der Waals surface area contributed by atoms with Crippen LogP contribution in [0.2, 0.25) is 0 Å². The zero-order chi connectivity index (χ0) is 56.0. The summed E-state index contributed by atoms with van der Waals surface area (Å²) < 4.78 is 156. The first-order valence-electron chi connectivity index (χ1n) is 22.2. The second-order valence-electron chi connectivity index (χ2n) is 15.2. The van der Waals surface area contributed by atoms with E-state index in [1.165, 1.54) is 116 Å². The van der Waals surface area contributed by atoms with E-state index in [2.05, 4.69) is 59.1 Å². The third-order valence-electron chi connectivity index (χ3n) is 10.5. The Morgan fingerprint density at radius 3 is 0.924 bits per heavy atom. The van der Waals surface area contributed by atoms with Crippen LogP contribution in [0, 0.1) is 0 Å². The van der Waals surface area contributed by atoms with E-state index in [0.29, 0.717) is 84.7 Å². The van der Waals surface area contributed by atoms with E-state index in [9.17, 15) is 39.0 Å². The minimum absolute atomic E-state index is 0. The molecule has 3 atom stereocenters. The van der Waals surface area contributed by atoms with Gasteiger partial charge in [0.15, 0.2) is 50.0 Å². The van der Waals surface area contributed by atoms with Crippen molar-refractivity contribution in [2.45, 2.75) is 52.6 Å². The second-order valence-corrected chi connectivity index (χ2v) is 19.3. The summed E-state index contributed by atoms with van der Waals surface area (Å²) in [5, 5.41) is 0.586. The average Bonchev–Trinajstić information content (AvgIpc) is 4.18. The van der Waals surface area contributed by atoms with Gasteiger partial charge in [0.25, 0.3) is 0 Å². The normalized spacial score (nSPS) is 12.2. The Hall–Kier alpha value is -7.25. The molecule has 416 valence electrons. The van der Waals surface area contributed by atoms with Gasteiger partial charge < -0.3 is 59.0 Å². The van der Waals surface area contributed by atoms with Crippen LogP contribution in [-0.4, -0.2) is 120 Å². The number of alkyl halides is 6. The van der Waals surface area contributed by atoms with Crippen LogP contribution < -0.4 is 72.2 Å². The maximum atomic E-state index is 12.6. The summed E-state index contributed by atoms with van der Waals surface area (Å²) in [5.41, 5.74) is 4.14. The van der Waals surface area contributed by atoms with Crippen LogP contribution in [0.4, 0.5) is 26.3 Å². The Bertz CT molecular complexity index is 3230. The van der Waals surface area contributed by atoms with Gasteiger partial charge in [0.2, 0.25) is 0 Å². The topological polar surface area (TPSA) is 259 Å². The molecule has 0 aliphatic carbocycles. The van der Waals surface area contributed by atoms with E-state index in [-0.39, 0.29) is 81.0 Å². The zero-order valence-corrected chi connectivity index (χ0v) is 47.0. The molecule has 0 aliphatic rings. The molecule has 3 unspecified atom stereocenters. The Balaban J connectivity index is 0.000000218. The van der Waals surface area contributed by atoms with Gasteiger partial charge in [-0.05, 0) is 36.4 Å². The Morgan fingerprint density at radius 2 is 0.696 bits per heavy atom. The number of aromatic amines is 3. The van der Waals surface area contributed by atoms with Crippen LogP contribution in [0.5, 0.6) is 51.7 Å². The number of halogens is 6. The number of nitrogens with one attached hydrogen (secondary N) is 3. The van der Waals surface area contributed by atoms with Crippen molar-refractivity contribution in [3.05, 3.63) is 108 Å². The van der Waals surface area contributed by atoms with Crippen molar-refractivity contribution < 1.29 is 113 Å². The van der Waals surface area contributed by atoms with Crippen molar-refractivity contribution in [1.82, 2.24) is 44.9 Å². The summed E-state index contributed by atoms with van der Waals surface area (Å²) in [4.78, 5) is 33.8. The number of imidazole rings is 3. The van der Waals surface area contributed by atoms with E-state index in [1.54, 1.807) is 18.2 Å². The smallest absolute Gasteiger partial charge is 1.00 e. The molecule has 0 fully saturated rings.